The normalized spacial score (nSPS) is 11.6. The minimum absolute atomic E-state index is 0.0432. The van der Waals surface area contributed by atoms with Gasteiger partial charge in [-0.3, -0.25) is 4.79 Å². The number of halogens is 3. The maximum Gasteiger partial charge on any atom is 0.416 e. The number of amides is 1. The van der Waals surface area contributed by atoms with Crippen LogP contribution in [-0.4, -0.2) is 20.5 Å². The second-order valence-electron chi connectivity index (χ2n) is 6.83. The molecule has 2 aromatic heterocycles. The first-order valence-corrected chi connectivity index (χ1v) is 9.18. The van der Waals surface area contributed by atoms with E-state index in [4.69, 9.17) is 0 Å². The molecule has 1 N–H and O–H groups in total. The molecule has 1 amide bonds. The fraction of sp³-hybridized carbons (Fsp3) is 0.136. The van der Waals surface area contributed by atoms with Crippen molar-refractivity contribution in [2.45, 2.75) is 19.6 Å². The molecular weight excluding hydrogens is 393 g/mol. The number of benzene rings is 2. The van der Waals surface area contributed by atoms with Crippen molar-refractivity contribution in [2.75, 3.05) is 0 Å². The summed E-state index contributed by atoms with van der Waals surface area (Å²) in [6.07, 6.45) is -4.43. The Bertz CT molecular complexity index is 1220. The average molecular weight is 410 g/mol. The number of rotatable bonds is 4. The van der Waals surface area contributed by atoms with E-state index >= 15 is 0 Å². The molecule has 30 heavy (non-hydrogen) atoms. The fourth-order valence-corrected chi connectivity index (χ4v) is 3.14. The maximum absolute atomic E-state index is 12.9. The van der Waals surface area contributed by atoms with Gasteiger partial charge in [0.05, 0.1) is 11.3 Å². The summed E-state index contributed by atoms with van der Waals surface area (Å²) in [7, 11) is 0. The maximum atomic E-state index is 12.9. The van der Waals surface area contributed by atoms with Crippen molar-refractivity contribution in [3.8, 4) is 11.3 Å². The van der Waals surface area contributed by atoms with Crippen LogP contribution in [0.25, 0.3) is 16.9 Å². The average Bonchev–Trinajstić information content (AvgIpc) is 3.15. The van der Waals surface area contributed by atoms with Gasteiger partial charge in [0.15, 0.2) is 5.65 Å². The Labute approximate surface area is 170 Å². The number of carbonyl (C=O) groups is 1. The summed E-state index contributed by atoms with van der Waals surface area (Å²) in [6.45, 7) is 1.72. The molecule has 152 valence electrons. The molecule has 5 nitrogen and oxygen atoms in total. The van der Waals surface area contributed by atoms with Gasteiger partial charge >= 0.3 is 6.18 Å². The van der Waals surface area contributed by atoms with E-state index in [-0.39, 0.29) is 12.2 Å². The molecule has 4 rings (SSSR count). The molecule has 0 aliphatic heterocycles. The first-order chi connectivity index (χ1) is 14.3. The molecule has 0 saturated carbocycles. The standard InChI is InChI=1S/C22H17F3N4O/c1-14-10-19(21(30)26-13-15-6-5-9-17(11-15)22(23,24)25)29-20(27-14)12-18(28-29)16-7-3-2-4-8-16/h2-12H,13H2,1H3,(H,26,30). The van der Waals surface area contributed by atoms with Crippen LogP contribution in [0.3, 0.4) is 0 Å². The molecule has 0 saturated heterocycles. The number of carbonyl (C=O) groups excluding carboxylic acids is 1. The molecule has 2 heterocycles. The van der Waals surface area contributed by atoms with Crippen LogP contribution in [0.15, 0.2) is 66.7 Å². The highest BCUT2D eigenvalue weighted by atomic mass is 19.4. The third-order valence-electron chi connectivity index (χ3n) is 4.56. The lowest BCUT2D eigenvalue weighted by Gasteiger charge is -2.10. The predicted molar refractivity (Wildman–Crippen MR) is 106 cm³/mol. The summed E-state index contributed by atoms with van der Waals surface area (Å²) in [5, 5.41) is 7.16. The van der Waals surface area contributed by atoms with Gasteiger partial charge in [0.2, 0.25) is 0 Å². The zero-order valence-corrected chi connectivity index (χ0v) is 15.9. The van der Waals surface area contributed by atoms with Crippen molar-refractivity contribution in [3.05, 3.63) is 89.2 Å². The van der Waals surface area contributed by atoms with Crippen LogP contribution < -0.4 is 5.32 Å². The van der Waals surface area contributed by atoms with Gasteiger partial charge in [-0.05, 0) is 30.7 Å². The zero-order chi connectivity index (χ0) is 21.3. The van der Waals surface area contributed by atoms with E-state index in [1.165, 1.54) is 16.6 Å². The monoisotopic (exact) mass is 410 g/mol. The van der Waals surface area contributed by atoms with E-state index in [1.807, 2.05) is 30.3 Å². The van der Waals surface area contributed by atoms with E-state index < -0.39 is 17.6 Å². The van der Waals surface area contributed by atoms with E-state index in [9.17, 15) is 18.0 Å². The predicted octanol–water partition coefficient (Wildman–Crippen LogP) is 4.65. The summed E-state index contributed by atoms with van der Waals surface area (Å²) in [5.74, 6) is -0.453. The lowest BCUT2D eigenvalue weighted by molar-refractivity contribution is -0.137. The highest BCUT2D eigenvalue weighted by Gasteiger charge is 2.30. The number of aromatic nitrogens is 3. The number of aryl methyl sites for hydroxylation is 1. The first kappa shape index (κ1) is 19.6. The Morgan fingerprint density at radius 3 is 2.53 bits per heavy atom. The van der Waals surface area contributed by atoms with Crippen molar-refractivity contribution in [2.24, 2.45) is 0 Å². The van der Waals surface area contributed by atoms with Crippen molar-refractivity contribution in [3.63, 3.8) is 0 Å². The molecule has 4 aromatic rings. The molecule has 2 aromatic carbocycles. The van der Waals surface area contributed by atoms with Crippen molar-refractivity contribution in [1.82, 2.24) is 19.9 Å². The van der Waals surface area contributed by atoms with Crippen LogP contribution >= 0.6 is 0 Å². The second-order valence-corrected chi connectivity index (χ2v) is 6.83. The highest BCUT2D eigenvalue weighted by molar-refractivity contribution is 5.93. The molecule has 0 fully saturated rings. The minimum Gasteiger partial charge on any atom is -0.347 e. The molecule has 0 aliphatic rings. The second kappa shape index (κ2) is 7.62. The Balaban J connectivity index is 1.61. The molecule has 0 aliphatic carbocycles. The lowest BCUT2D eigenvalue weighted by atomic mass is 10.1. The molecule has 0 bridgehead atoms. The van der Waals surface area contributed by atoms with E-state index in [0.29, 0.717) is 22.6 Å². The third-order valence-corrected chi connectivity index (χ3v) is 4.56. The Hall–Kier alpha value is -3.68. The molecular formula is C22H17F3N4O. The fourth-order valence-electron chi connectivity index (χ4n) is 3.14. The molecule has 0 spiro atoms. The van der Waals surface area contributed by atoms with Gasteiger partial charge < -0.3 is 5.32 Å². The van der Waals surface area contributed by atoms with Gasteiger partial charge in [-0.15, -0.1) is 0 Å². The van der Waals surface area contributed by atoms with Crippen LogP contribution in [0.2, 0.25) is 0 Å². The third kappa shape index (κ3) is 4.03. The Morgan fingerprint density at radius 2 is 1.80 bits per heavy atom. The summed E-state index contributed by atoms with van der Waals surface area (Å²) in [4.78, 5) is 17.2. The summed E-state index contributed by atoms with van der Waals surface area (Å²) in [6, 6.07) is 17.7. The molecule has 0 radical (unpaired) electrons. The largest absolute Gasteiger partial charge is 0.416 e. The van der Waals surface area contributed by atoms with Gasteiger partial charge in [-0.1, -0.05) is 42.5 Å². The van der Waals surface area contributed by atoms with Crippen LogP contribution in [0.4, 0.5) is 13.2 Å². The number of nitrogens with one attached hydrogen (secondary N) is 1. The van der Waals surface area contributed by atoms with Crippen LogP contribution in [0, 0.1) is 6.92 Å². The number of hydrogen-bond acceptors (Lipinski definition) is 3. The minimum atomic E-state index is -4.43. The Morgan fingerprint density at radius 1 is 1.03 bits per heavy atom. The quantitative estimate of drug-likeness (QED) is 0.533. The van der Waals surface area contributed by atoms with Crippen molar-refractivity contribution < 1.29 is 18.0 Å². The summed E-state index contributed by atoms with van der Waals surface area (Å²) >= 11 is 0. The summed E-state index contributed by atoms with van der Waals surface area (Å²) < 4.78 is 40.1. The molecule has 0 atom stereocenters. The van der Waals surface area contributed by atoms with Crippen LogP contribution in [-0.2, 0) is 12.7 Å². The Kier molecular flexibility index (Phi) is 4.99. The van der Waals surface area contributed by atoms with Gasteiger partial charge in [0.25, 0.3) is 5.91 Å². The first-order valence-electron chi connectivity index (χ1n) is 9.18. The van der Waals surface area contributed by atoms with E-state index in [2.05, 4.69) is 15.4 Å². The lowest BCUT2D eigenvalue weighted by Crippen LogP contribution is -2.26. The number of nitrogens with zero attached hydrogens (tertiary/aromatic N) is 3. The SMILES string of the molecule is Cc1cc(C(=O)NCc2cccc(C(F)(F)F)c2)n2nc(-c3ccccc3)cc2n1. The van der Waals surface area contributed by atoms with Crippen LogP contribution in [0.1, 0.15) is 27.3 Å². The van der Waals surface area contributed by atoms with Gasteiger partial charge in [0.1, 0.15) is 5.69 Å². The number of alkyl halides is 3. The summed E-state index contributed by atoms with van der Waals surface area (Å²) in [5.41, 5.74) is 2.55. The van der Waals surface area contributed by atoms with Gasteiger partial charge in [-0.25, -0.2) is 9.50 Å². The van der Waals surface area contributed by atoms with Gasteiger partial charge in [-0.2, -0.15) is 18.3 Å². The smallest absolute Gasteiger partial charge is 0.347 e. The number of fused-ring (bicyclic) bond motifs is 1. The molecule has 8 heteroatoms. The molecule has 0 unspecified atom stereocenters. The van der Waals surface area contributed by atoms with Gasteiger partial charge in [0, 0.05) is 23.9 Å². The number of hydrogen-bond donors (Lipinski definition) is 1. The topological polar surface area (TPSA) is 59.3 Å². The van der Waals surface area contributed by atoms with E-state index in [0.717, 1.165) is 17.7 Å². The van der Waals surface area contributed by atoms with Crippen LogP contribution in [0.5, 0.6) is 0 Å². The zero-order valence-electron chi connectivity index (χ0n) is 15.9. The highest BCUT2D eigenvalue weighted by Crippen LogP contribution is 2.29. The van der Waals surface area contributed by atoms with Crippen molar-refractivity contribution in [1.29, 1.82) is 0 Å². The van der Waals surface area contributed by atoms with Crippen molar-refractivity contribution >= 4 is 11.6 Å². The van der Waals surface area contributed by atoms with E-state index in [1.54, 1.807) is 19.1 Å².